The zero-order chi connectivity index (χ0) is 10.7. The third-order valence-corrected chi connectivity index (χ3v) is 3.00. The number of hydrogen-bond acceptors (Lipinski definition) is 4. The molecule has 0 aliphatic rings. The van der Waals surface area contributed by atoms with E-state index in [1.54, 1.807) is 23.5 Å². The first-order valence-corrected chi connectivity index (χ1v) is 5.62. The van der Waals surface area contributed by atoms with E-state index in [9.17, 15) is 5.11 Å². The van der Waals surface area contributed by atoms with Crippen molar-refractivity contribution in [1.29, 1.82) is 0 Å². The minimum Gasteiger partial charge on any atom is -0.507 e. The molecule has 0 aliphatic carbocycles. The normalized spacial score (nSPS) is 10.5. The molecule has 0 bridgehead atoms. The molecule has 0 saturated carbocycles. The Bertz CT molecular complexity index is 453. The molecule has 0 unspecified atom stereocenters. The lowest BCUT2D eigenvalue weighted by atomic mass is 10.1. The van der Waals surface area contributed by atoms with Gasteiger partial charge in [-0.3, -0.25) is 0 Å². The number of para-hydroxylation sites is 1. The van der Waals surface area contributed by atoms with Gasteiger partial charge < -0.3 is 10.8 Å². The number of nitrogens with zero attached hydrogens (tertiary/aromatic N) is 1. The van der Waals surface area contributed by atoms with Crippen LogP contribution in [0.3, 0.4) is 0 Å². The SMILES string of the molecule is NCCc1nc(-c2ccccc2O)cs1. The van der Waals surface area contributed by atoms with Gasteiger partial charge in [-0.15, -0.1) is 11.3 Å². The van der Waals surface area contributed by atoms with Crippen molar-refractivity contribution in [2.24, 2.45) is 5.73 Å². The minimum absolute atomic E-state index is 0.266. The van der Waals surface area contributed by atoms with Crippen molar-refractivity contribution in [3.63, 3.8) is 0 Å². The van der Waals surface area contributed by atoms with Crippen LogP contribution in [0.4, 0.5) is 0 Å². The van der Waals surface area contributed by atoms with Crippen LogP contribution in [-0.2, 0) is 6.42 Å². The molecule has 4 heteroatoms. The molecule has 1 aromatic carbocycles. The van der Waals surface area contributed by atoms with E-state index >= 15 is 0 Å². The summed E-state index contributed by atoms with van der Waals surface area (Å²) >= 11 is 1.58. The van der Waals surface area contributed by atoms with Crippen molar-refractivity contribution in [2.75, 3.05) is 6.54 Å². The van der Waals surface area contributed by atoms with Gasteiger partial charge in [0.25, 0.3) is 0 Å². The van der Waals surface area contributed by atoms with Gasteiger partial charge in [0.05, 0.1) is 10.7 Å². The van der Waals surface area contributed by atoms with E-state index < -0.39 is 0 Å². The number of aromatic hydroxyl groups is 1. The molecule has 0 atom stereocenters. The summed E-state index contributed by atoms with van der Waals surface area (Å²) in [4.78, 5) is 4.41. The molecule has 2 aromatic rings. The molecule has 78 valence electrons. The van der Waals surface area contributed by atoms with Crippen LogP contribution >= 0.6 is 11.3 Å². The van der Waals surface area contributed by atoms with Crippen molar-refractivity contribution in [3.8, 4) is 17.0 Å². The summed E-state index contributed by atoms with van der Waals surface area (Å²) < 4.78 is 0. The van der Waals surface area contributed by atoms with Crippen LogP contribution in [-0.4, -0.2) is 16.6 Å². The van der Waals surface area contributed by atoms with Gasteiger partial charge in [-0.25, -0.2) is 4.98 Å². The number of nitrogens with two attached hydrogens (primary N) is 1. The fourth-order valence-corrected chi connectivity index (χ4v) is 2.18. The Morgan fingerprint density at radius 2 is 2.13 bits per heavy atom. The van der Waals surface area contributed by atoms with Gasteiger partial charge in [0.15, 0.2) is 0 Å². The molecule has 0 spiro atoms. The molecule has 0 fully saturated rings. The van der Waals surface area contributed by atoms with Gasteiger partial charge in [-0.2, -0.15) is 0 Å². The Morgan fingerprint density at radius 3 is 2.87 bits per heavy atom. The number of phenols is 1. The smallest absolute Gasteiger partial charge is 0.125 e. The number of rotatable bonds is 3. The quantitative estimate of drug-likeness (QED) is 0.832. The summed E-state index contributed by atoms with van der Waals surface area (Å²) in [6.45, 7) is 0.605. The lowest BCUT2D eigenvalue weighted by Gasteiger charge is -1.99. The second kappa shape index (κ2) is 4.42. The molecule has 1 heterocycles. The van der Waals surface area contributed by atoms with Gasteiger partial charge in [-0.05, 0) is 18.7 Å². The third-order valence-electron chi connectivity index (χ3n) is 2.09. The zero-order valence-electron chi connectivity index (χ0n) is 8.18. The van der Waals surface area contributed by atoms with E-state index in [1.807, 2.05) is 17.5 Å². The second-order valence-corrected chi connectivity index (χ2v) is 4.12. The maximum absolute atomic E-state index is 9.64. The Labute approximate surface area is 92.2 Å². The standard InChI is InChI=1S/C11H12N2OS/c12-6-5-11-13-9(7-15-11)8-3-1-2-4-10(8)14/h1-4,7,14H,5-6,12H2. The van der Waals surface area contributed by atoms with Crippen molar-refractivity contribution in [3.05, 3.63) is 34.7 Å². The van der Waals surface area contributed by atoms with Gasteiger partial charge >= 0.3 is 0 Å². The fourth-order valence-electron chi connectivity index (χ4n) is 1.36. The van der Waals surface area contributed by atoms with E-state index in [1.165, 1.54) is 0 Å². The predicted octanol–water partition coefficient (Wildman–Crippen LogP) is 2.02. The first kappa shape index (κ1) is 10.1. The van der Waals surface area contributed by atoms with Crippen molar-refractivity contribution in [1.82, 2.24) is 4.98 Å². The second-order valence-electron chi connectivity index (χ2n) is 3.18. The fraction of sp³-hybridized carbons (Fsp3) is 0.182. The van der Waals surface area contributed by atoms with Gasteiger partial charge in [-0.1, -0.05) is 12.1 Å². The maximum atomic E-state index is 9.64. The zero-order valence-corrected chi connectivity index (χ0v) is 9.00. The molecule has 0 saturated heterocycles. The summed E-state index contributed by atoms with van der Waals surface area (Å²) in [7, 11) is 0. The Balaban J connectivity index is 2.33. The monoisotopic (exact) mass is 220 g/mol. The van der Waals surface area contributed by atoms with E-state index in [2.05, 4.69) is 4.98 Å². The van der Waals surface area contributed by atoms with Crippen LogP contribution in [0.1, 0.15) is 5.01 Å². The van der Waals surface area contributed by atoms with Gasteiger partial charge in [0.2, 0.25) is 0 Å². The van der Waals surface area contributed by atoms with E-state index in [0.29, 0.717) is 6.54 Å². The number of phenolic OH excluding ortho intramolecular Hbond substituents is 1. The van der Waals surface area contributed by atoms with E-state index in [0.717, 1.165) is 22.7 Å². The molecule has 0 amide bonds. The molecule has 3 N–H and O–H groups in total. The first-order chi connectivity index (χ1) is 7.31. The van der Waals surface area contributed by atoms with E-state index in [4.69, 9.17) is 5.73 Å². The molecule has 2 rings (SSSR count). The molecule has 0 aliphatic heterocycles. The average Bonchev–Trinajstić information content (AvgIpc) is 2.68. The van der Waals surface area contributed by atoms with E-state index in [-0.39, 0.29) is 5.75 Å². The van der Waals surface area contributed by atoms with Crippen LogP contribution in [0.15, 0.2) is 29.6 Å². The third kappa shape index (κ3) is 2.16. The summed E-state index contributed by atoms with van der Waals surface area (Å²) in [5, 5.41) is 12.6. The van der Waals surface area contributed by atoms with Crippen LogP contribution in [0.25, 0.3) is 11.3 Å². The Hall–Kier alpha value is -1.39. The number of hydrogen-bond donors (Lipinski definition) is 2. The molecule has 0 radical (unpaired) electrons. The summed E-state index contributed by atoms with van der Waals surface area (Å²) in [6, 6.07) is 7.21. The number of aromatic nitrogens is 1. The molecule has 15 heavy (non-hydrogen) atoms. The van der Waals surface area contributed by atoms with Crippen LogP contribution in [0.2, 0.25) is 0 Å². The lowest BCUT2D eigenvalue weighted by Crippen LogP contribution is -2.01. The lowest BCUT2D eigenvalue weighted by molar-refractivity contribution is 0.477. The number of thiazole rings is 1. The minimum atomic E-state index is 0.266. The number of benzene rings is 1. The molecular weight excluding hydrogens is 208 g/mol. The van der Waals surface area contributed by atoms with Gasteiger partial charge in [0, 0.05) is 17.4 Å². The average molecular weight is 220 g/mol. The first-order valence-electron chi connectivity index (χ1n) is 4.74. The molecule has 3 nitrogen and oxygen atoms in total. The molecule has 1 aromatic heterocycles. The highest BCUT2D eigenvalue weighted by Gasteiger charge is 2.07. The largest absolute Gasteiger partial charge is 0.507 e. The topological polar surface area (TPSA) is 59.1 Å². The summed E-state index contributed by atoms with van der Waals surface area (Å²) in [5.74, 6) is 0.266. The molecular formula is C11H12N2OS. The maximum Gasteiger partial charge on any atom is 0.125 e. The van der Waals surface area contributed by atoms with Crippen molar-refractivity contribution < 1.29 is 5.11 Å². The summed E-state index contributed by atoms with van der Waals surface area (Å²) in [5.41, 5.74) is 7.05. The predicted molar refractivity (Wildman–Crippen MR) is 62.0 cm³/mol. The summed E-state index contributed by atoms with van der Waals surface area (Å²) in [6.07, 6.45) is 0.790. The van der Waals surface area contributed by atoms with Crippen LogP contribution in [0, 0.1) is 0 Å². The Kier molecular flexibility index (Phi) is 2.99. The van der Waals surface area contributed by atoms with Crippen molar-refractivity contribution >= 4 is 11.3 Å². The van der Waals surface area contributed by atoms with Crippen molar-refractivity contribution in [2.45, 2.75) is 6.42 Å². The highest BCUT2D eigenvalue weighted by atomic mass is 32.1. The van der Waals surface area contributed by atoms with Gasteiger partial charge in [0.1, 0.15) is 5.75 Å². The highest BCUT2D eigenvalue weighted by Crippen LogP contribution is 2.29. The highest BCUT2D eigenvalue weighted by molar-refractivity contribution is 7.09. The van der Waals surface area contributed by atoms with Crippen LogP contribution in [0.5, 0.6) is 5.75 Å². The van der Waals surface area contributed by atoms with Crippen LogP contribution < -0.4 is 5.73 Å². The Morgan fingerprint density at radius 1 is 1.33 bits per heavy atom.